The number of benzene rings is 1. The topological polar surface area (TPSA) is 87.0 Å². The third-order valence-corrected chi connectivity index (χ3v) is 3.44. The summed E-state index contributed by atoms with van der Waals surface area (Å²) in [7, 11) is 1.27. The number of carbonyl (C=O) groups excluding carboxylic acids is 1. The third-order valence-electron chi connectivity index (χ3n) is 3.44. The van der Waals surface area contributed by atoms with E-state index >= 15 is 0 Å². The molecule has 21 heavy (non-hydrogen) atoms. The number of esters is 1. The van der Waals surface area contributed by atoms with Gasteiger partial charge in [0.25, 0.3) is 0 Å². The molecule has 0 fully saturated rings. The first-order valence-corrected chi connectivity index (χ1v) is 6.81. The van der Waals surface area contributed by atoms with Gasteiger partial charge in [0.05, 0.1) is 19.3 Å². The van der Waals surface area contributed by atoms with Crippen molar-refractivity contribution in [1.82, 2.24) is 0 Å². The summed E-state index contributed by atoms with van der Waals surface area (Å²) < 4.78 is 4.44. The second-order valence-electron chi connectivity index (χ2n) is 4.93. The van der Waals surface area contributed by atoms with Gasteiger partial charge in [0, 0.05) is 12.0 Å². The van der Waals surface area contributed by atoms with E-state index in [1.807, 2.05) is 6.07 Å². The largest absolute Gasteiger partial charge is 0.466 e. The third kappa shape index (κ3) is 5.30. The summed E-state index contributed by atoms with van der Waals surface area (Å²) in [5.41, 5.74) is 0.592. The molecule has 3 N–H and O–H groups in total. The average Bonchev–Trinajstić information content (AvgIpc) is 2.53. The summed E-state index contributed by atoms with van der Waals surface area (Å²) >= 11 is 0. The number of hydrogen-bond donors (Lipinski definition) is 3. The molecule has 1 aromatic rings. The molecular weight excluding hydrogens is 272 g/mol. The van der Waals surface area contributed by atoms with Crippen molar-refractivity contribution in [1.29, 1.82) is 0 Å². The van der Waals surface area contributed by atoms with Crippen molar-refractivity contribution >= 4 is 5.97 Å². The minimum Gasteiger partial charge on any atom is -0.466 e. The SMILES string of the molecule is COC(=O)/C=C/C[C@H](O)[C@H](C)[C@@H](O)[C@H](O)c1ccccc1. The number of hydrogen-bond acceptors (Lipinski definition) is 5. The molecule has 5 nitrogen and oxygen atoms in total. The number of rotatable bonds is 7. The van der Waals surface area contributed by atoms with Crippen molar-refractivity contribution in [3.63, 3.8) is 0 Å². The molecule has 5 heteroatoms. The lowest BCUT2D eigenvalue weighted by Gasteiger charge is -2.27. The molecule has 4 atom stereocenters. The minimum atomic E-state index is -1.10. The fourth-order valence-electron chi connectivity index (χ4n) is 1.95. The zero-order valence-electron chi connectivity index (χ0n) is 12.2. The van der Waals surface area contributed by atoms with Gasteiger partial charge < -0.3 is 20.1 Å². The van der Waals surface area contributed by atoms with Gasteiger partial charge in [-0.1, -0.05) is 43.3 Å². The fraction of sp³-hybridized carbons (Fsp3) is 0.438. The molecule has 0 amide bonds. The molecule has 0 aliphatic carbocycles. The molecule has 0 saturated heterocycles. The van der Waals surface area contributed by atoms with Crippen molar-refractivity contribution in [3.8, 4) is 0 Å². The van der Waals surface area contributed by atoms with E-state index in [1.165, 1.54) is 19.3 Å². The molecule has 0 radical (unpaired) electrons. The summed E-state index contributed by atoms with van der Waals surface area (Å²) in [6, 6.07) is 8.78. The first kappa shape index (κ1) is 17.4. The molecular formula is C16H22O5. The monoisotopic (exact) mass is 294 g/mol. The zero-order chi connectivity index (χ0) is 15.8. The van der Waals surface area contributed by atoms with Crippen LogP contribution in [0.3, 0.4) is 0 Å². The van der Waals surface area contributed by atoms with Gasteiger partial charge in [0.15, 0.2) is 0 Å². The lowest BCUT2D eigenvalue weighted by Crippen LogP contribution is -2.33. The van der Waals surface area contributed by atoms with E-state index in [0.29, 0.717) is 5.56 Å². The zero-order valence-corrected chi connectivity index (χ0v) is 12.2. The van der Waals surface area contributed by atoms with Gasteiger partial charge in [-0.25, -0.2) is 4.79 Å². The Morgan fingerprint density at radius 1 is 1.24 bits per heavy atom. The van der Waals surface area contributed by atoms with Crippen molar-refractivity contribution in [2.45, 2.75) is 31.7 Å². The number of aliphatic hydroxyl groups is 3. The standard InChI is InChI=1S/C16H22O5/c1-11(13(17)9-6-10-14(18)21-2)15(19)16(20)12-7-4-3-5-8-12/h3-8,10-11,13,15-17,19-20H,9H2,1-2H3/b10-6+/t11-,13-,15+,16+/m0/s1. The van der Waals surface area contributed by atoms with Crippen molar-refractivity contribution in [3.05, 3.63) is 48.0 Å². The maximum Gasteiger partial charge on any atom is 0.330 e. The van der Waals surface area contributed by atoms with E-state index in [2.05, 4.69) is 4.74 Å². The van der Waals surface area contributed by atoms with Crippen LogP contribution in [0.1, 0.15) is 25.0 Å². The number of carbonyl (C=O) groups is 1. The van der Waals surface area contributed by atoms with Gasteiger partial charge in [0.2, 0.25) is 0 Å². The van der Waals surface area contributed by atoms with Gasteiger partial charge in [-0.15, -0.1) is 0 Å². The molecule has 0 aliphatic rings. The summed E-state index contributed by atoms with van der Waals surface area (Å²) in [5.74, 6) is -1.05. The van der Waals surface area contributed by atoms with Crippen LogP contribution in [0.5, 0.6) is 0 Å². The van der Waals surface area contributed by atoms with Crippen molar-refractivity contribution in [2.75, 3.05) is 7.11 Å². The van der Waals surface area contributed by atoms with Crippen molar-refractivity contribution < 1.29 is 24.9 Å². The summed E-state index contributed by atoms with van der Waals surface area (Å²) in [6.07, 6.45) is -0.159. The predicted molar refractivity (Wildman–Crippen MR) is 78.4 cm³/mol. The van der Waals surface area contributed by atoms with Crippen LogP contribution in [0.15, 0.2) is 42.5 Å². The van der Waals surface area contributed by atoms with E-state index < -0.39 is 30.2 Å². The molecule has 0 saturated carbocycles. The lowest BCUT2D eigenvalue weighted by atomic mass is 9.89. The minimum absolute atomic E-state index is 0.189. The molecule has 0 aromatic heterocycles. The molecule has 0 heterocycles. The van der Waals surface area contributed by atoms with Crippen LogP contribution in [-0.4, -0.2) is 40.6 Å². The van der Waals surface area contributed by atoms with Crippen LogP contribution in [0, 0.1) is 5.92 Å². The number of ether oxygens (including phenoxy) is 1. The van der Waals surface area contributed by atoms with Crippen LogP contribution < -0.4 is 0 Å². The Hall–Kier alpha value is -1.69. The maximum absolute atomic E-state index is 10.9. The highest BCUT2D eigenvalue weighted by Crippen LogP contribution is 2.24. The average molecular weight is 294 g/mol. The lowest BCUT2D eigenvalue weighted by molar-refractivity contribution is -0.134. The fourth-order valence-corrected chi connectivity index (χ4v) is 1.95. The van der Waals surface area contributed by atoms with E-state index in [0.717, 1.165) is 0 Å². The van der Waals surface area contributed by atoms with Gasteiger partial charge in [-0.3, -0.25) is 0 Å². The first-order chi connectivity index (χ1) is 9.97. The summed E-state index contributed by atoms with van der Waals surface area (Å²) in [5, 5.41) is 30.2. The highest BCUT2D eigenvalue weighted by Gasteiger charge is 2.28. The van der Waals surface area contributed by atoms with Gasteiger partial charge >= 0.3 is 5.97 Å². The Morgan fingerprint density at radius 3 is 2.43 bits per heavy atom. The van der Waals surface area contributed by atoms with Crippen LogP contribution in [-0.2, 0) is 9.53 Å². The first-order valence-electron chi connectivity index (χ1n) is 6.81. The number of methoxy groups -OCH3 is 1. The Kier molecular flexibility index (Phi) is 7.08. The molecule has 1 aromatic carbocycles. The highest BCUT2D eigenvalue weighted by atomic mass is 16.5. The van der Waals surface area contributed by atoms with Crippen LogP contribution >= 0.6 is 0 Å². The Labute approximate surface area is 124 Å². The molecule has 0 unspecified atom stereocenters. The second-order valence-corrected chi connectivity index (χ2v) is 4.93. The normalized spacial score (nSPS) is 17.2. The van der Waals surface area contributed by atoms with Crippen LogP contribution in [0.4, 0.5) is 0 Å². The van der Waals surface area contributed by atoms with Crippen LogP contribution in [0.25, 0.3) is 0 Å². The van der Waals surface area contributed by atoms with Crippen molar-refractivity contribution in [2.24, 2.45) is 5.92 Å². The predicted octanol–water partition coefficient (Wildman–Crippen LogP) is 1.20. The molecule has 0 bridgehead atoms. The Morgan fingerprint density at radius 2 is 1.86 bits per heavy atom. The van der Waals surface area contributed by atoms with E-state index in [9.17, 15) is 20.1 Å². The molecule has 1 rings (SSSR count). The summed E-state index contributed by atoms with van der Waals surface area (Å²) in [4.78, 5) is 10.9. The van der Waals surface area contributed by atoms with Gasteiger partial charge in [-0.2, -0.15) is 0 Å². The quantitative estimate of drug-likeness (QED) is 0.519. The molecule has 0 spiro atoms. The van der Waals surface area contributed by atoms with E-state index in [4.69, 9.17) is 0 Å². The summed E-state index contributed by atoms with van der Waals surface area (Å²) in [6.45, 7) is 1.65. The van der Waals surface area contributed by atoms with E-state index in [-0.39, 0.29) is 6.42 Å². The van der Waals surface area contributed by atoms with Gasteiger partial charge in [-0.05, 0) is 12.0 Å². The van der Waals surface area contributed by atoms with Gasteiger partial charge in [0.1, 0.15) is 6.10 Å². The number of aliphatic hydroxyl groups excluding tert-OH is 3. The van der Waals surface area contributed by atoms with E-state index in [1.54, 1.807) is 31.2 Å². The Bertz CT molecular complexity index is 457. The van der Waals surface area contributed by atoms with Crippen LogP contribution in [0.2, 0.25) is 0 Å². The molecule has 116 valence electrons. The smallest absolute Gasteiger partial charge is 0.330 e. The maximum atomic E-state index is 10.9. The molecule has 0 aliphatic heterocycles. The second kappa shape index (κ2) is 8.56. The highest BCUT2D eigenvalue weighted by molar-refractivity contribution is 5.81. The Balaban J connectivity index is 2.58.